The highest BCUT2D eigenvalue weighted by Gasteiger charge is 2.09. The molecule has 2 rings (SSSR count). The molecule has 4 heteroatoms. The Kier molecular flexibility index (Phi) is 4.36. The zero-order valence-electron chi connectivity index (χ0n) is 11.1. The van der Waals surface area contributed by atoms with Crippen LogP contribution in [0.3, 0.4) is 0 Å². The summed E-state index contributed by atoms with van der Waals surface area (Å²) in [4.78, 5) is 16.0. The smallest absolute Gasteiger partial charge is 0.243 e. The number of hydrogen-bond donors (Lipinski definition) is 1. The summed E-state index contributed by atoms with van der Waals surface area (Å²) in [6, 6.07) is 12.1. The van der Waals surface area contributed by atoms with Gasteiger partial charge in [0.05, 0.1) is 14.2 Å². The Hall–Kier alpha value is -2.07. The van der Waals surface area contributed by atoms with Gasteiger partial charge in [0, 0.05) is 11.8 Å². The number of fused-ring (bicyclic) bond motifs is 1. The van der Waals surface area contributed by atoms with Crippen molar-refractivity contribution in [1.82, 2.24) is 5.48 Å². The van der Waals surface area contributed by atoms with Crippen LogP contribution < -0.4 is 10.2 Å². The second-order valence-electron chi connectivity index (χ2n) is 4.21. The molecule has 0 saturated carbocycles. The van der Waals surface area contributed by atoms with Crippen LogP contribution in [0.2, 0.25) is 0 Å². The standard InChI is InChI=1S/C15H17NO3/c1-18-15-12(9-10-14(17)16-19-2)8-7-11-5-3-4-6-13(11)15/h3-8H,9-10H2,1-2H3,(H,16,17). The van der Waals surface area contributed by atoms with Crippen LogP contribution in [-0.2, 0) is 16.1 Å². The van der Waals surface area contributed by atoms with Gasteiger partial charge in [-0.25, -0.2) is 5.48 Å². The van der Waals surface area contributed by atoms with Crippen molar-refractivity contribution >= 4 is 16.7 Å². The molecule has 4 nitrogen and oxygen atoms in total. The van der Waals surface area contributed by atoms with Crippen molar-refractivity contribution in [1.29, 1.82) is 0 Å². The Bertz CT molecular complexity index is 581. The third kappa shape index (κ3) is 3.03. The maximum atomic E-state index is 11.4. The van der Waals surface area contributed by atoms with Gasteiger partial charge in [0.25, 0.3) is 0 Å². The van der Waals surface area contributed by atoms with Crippen molar-refractivity contribution in [3.8, 4) is 5.75 Å². The second-order valence-corrected chi connectivity index (χ2v) is 4.21. The van der Waals surface area contributed by atoms with Crippen LogP contribution in [0.4, 0.5) is 0 Å². The molecule has 0 aromatic heterocycles. The summed E-state index contributed by atoms with van der Waals surface area (Å²) in [5, 5.41) is 2.19. The normalized spacial score (nSPS) is 10.4. The first-order valence-corrected chi connectivity index (χ1v) is 6.12. The van der Waals surface area contributed by atoms with Crippen molar-refractivity contribution in [2.75, 3.05) is 14.2 Å². The highest BCUT2D eigenvalue weighted by atomic mass is 16.6. The van der Waals surface area contributed by atoms with Gasteiger partial charge in [0.15, 0.2) is 0 Å². The van der Waals surface area contributed by atoms with Gasteiger partial charge in [0.1, 0.15) is 5.75 Å². The molecule has 2 aromatic rings. The highest BCUT2D eigenvalue weighted by Crippen LogP contribution is 2.30. The zero-order valence-corrected chi connectivity index (χ0v) is 11.1. The molecule has 0 saturated heterocycles. The molecule has 0 aliphatic heterocycles. The molecule has 19 heavy (non-hydrogen) atoms. The molecule has 0 aliphatic carbocycles. The Labute approximate surface area is 112 Å². The molecule has 1 amide bonds. The number of hydrogen-bond acceptors (Lipinski definition) is 3. The lowest BCUT2D eigenvalue weighted by Crippen LogP contribution is -2.22. The monoisotopic (exact) mass is 259 g/mol. The zero-order chi connectivity index (χ0) is 13.7. The lowest BCUT2D eigenvalue weighted by Gasteiger charge is -2.11. The van der Waals surface area contributed by atoms with Gasteiger partial charge in [-0.3, -0.25) is 9.63 Å². The molecular weight excluding hydrogens is 242 g/mol. The SMILES string of the molecule is CONC(=O)CCc1ccc2ccccc2c1OC. The van der Waals surface area contributed by atoms with Gasteiger partial charge >= 0.3 is 0 Å². The first-order valence-electron chi connectivity index (χ1n) is 6.12. The third-order valence-corrected chi connectivity index (χ3v) is 3.00. The number of carbonyl (C=O) groups is 1. The maximum absolute atomic E-state index is 11.4. The van der Waals surface area contributed by atoms with E-state index < -0.39 is 0 Å². The van der Waals surface area contributed by atoms with Crippen LogP contribution in [0.25, 0.3) is 10.8 Å². The molecule has 0 aliphatic rings. The van der Waals surface area contributed by atoms with Crippen molar-refractivity contribution in [3.63, 3.8) is 0 Å². The lowest BCUT2D eigenvalue weighted by atomic mass is 10.0. The Morgan fingerprint density at radius 1 is 1.16 bits per heavy atom. The van der Waals surface area contributed by atoms with E-state index in [9.17, 15) is 4.79 Å². The topological polar surface area (TPSA) is 47.6 Å². The molecule has 0 bridgehead atoms. The van der Waals surface area contributed by atoms with Crippen LogP contribution in [0, 0.1) is 0 Å². The minimum atomic E-state index is -0.141. The van der Waals surface area contributed by atoms with Gasteiger partial charge in [-0.1, -0.05) is 36.4 Å². The van der Waals surface area contributed by atoms with Crippen LogP contribution in [0.1, 0.15) is 12.0 Å². The van der Waals surface area contributed by atoms with Crippen molar-refractivity contribution < 1.29 is 14.4 Å². The number of nitrogens with one attached hydrogen (secondary N) is 1. The summed E-state index contributed by atoms with van der Waals surface area (Å²) in [6.07, 6.45) is 0.978. The summed E-state index contributed by atoms with van der Waals surface area (Å²) >= 11 is 0. The largest absolute Gasteiger partial charge is 0.496 e. The number of aryl methyl sites for hydroxylation is 1. The molecule has 0 unspecified atom stereocenters. The molecule has 0 radical (unpaired) electrons. The Morgan fingerprint density at radius 3 is 2.68 bits per heavy atom. The molecule has 2 aromatic carbocycles. The average molecular weight is 259 g/mol. The molecule has 0 fully saturated rings. The third-order valence-electron chi connectivity index (χ3n) is 3.00. The fraction of sp³-hybridized carbons (Fsp3) is 0.267. The summed E-state index contributed by atoms with van der Waals surface area (Å²) in [6.45, 7) is 0. The number of benzene rings is 2. The van der Waals surface area contributed by atoms with E-state index in [1.54, 1.807) is 7.11 Å². The molecule has 0 heterocycles. The number of carbonyl (C=O) groups excluding carboxylic acids is 1. The van der Waals surface area contributed by atoms with Gasteiger partial charge in [-0.2, -0.15) is 0 Å². The van der Waals surface area contributed by atoms with Crippen molar-refractivity contribution in [2.45, 2.75) is 12.8 Å². The summed E-state index contributed by atoms with van der Waals surface area (Å²) in [5.74, 6) is 0.695. The molecule has 1 N–H and O–H groups in total. The van der Waals surface area contributed by atoms with E-state index in [0.717, 1.165) is 22.1 Å². The number of methoxy groups -OCH3 is 1. The quantitative estimate of drug-likeness (QED) is 0.839. The number of amides is 1. The number of ether oxygens (including phenoxy) is 1. The summed E-state index contributed by atoms with van der Waals surface area (Å²) < 4.78 is 5.49. The minimum absolute atomic E-state index is 0.141. The van der Waals surface area contributed by atoms with E-state index in [0.29, 0.717) is 12.8 Å². The van der Waals surface area contributed by atoms with Gasteiger partial charge in [-0.05, 0) is 17.4 Å². The molecule has 0 spiro atoms. The molecule has 100 valence electrons. The number of rotatable bonds is 5. The van der Waals surface area contributed by atoms with Crippen LogP contribution in [0.15, 0.2) is 36.4 Å². The van der Waals surface area contributed by atoms with E-state index in [2.05, 4.69) is 10.3 Å². The van der Waals surface area contributed by atoms with E-state index in [4.69, 9.17) is 4.74 Å². The van der Waals surface area contributed by atoms with E-state index in [1.165, 1.54) is 7.11 Å². The first kappa shape index (κ1) is 13.4. The fourth-order valence-electron chi connectivity index (χ4n) is 2.14. The average Bonchev–Trinajstić information content (AvgIpc) is 2.44. The van der Waals surface area contributed by atoms with E-state index >= 15 is 0 Å². The Balaban J connectivity index is 2.25. The van der Waals surface area contributed by atoms with E-state index in [1.807, 2.05) is 36.4 Å². The lowest BCUT2D eigenvalue weighted by molar-refractivity contribution is -0.131. The second kappa shape index (κ2) is 6.20. The molecular formula is C15H17NO3. The summed E-state index contributed by atoms with van der Waals surface area (Å²) in [7, 11) is 3.08. The maximum Gasteiger partial charge on any atom is 0.243 e. The number of hydroxylamine groups is 1. The predicted octanol–water partition coefficient (Wildman–Crippen LogP) is 2.46. The summed E-state index contributed by atoms with van der Waals surface area (Å²) in [5.41, 5.74) is 3.33. The minimum Gasteiger partial charge on any atom is -0.496 e. The van der Waals surface area contributed by atoms with Crippen LogP contribution in [-0.4, -0.2) is 20.1 Å². The van der Waals surface area contributed by atoms with Crippen LogP contribution in [0.5, 0.6) is 5.75 Å². The van der Waals surface area contributed by atoms with Crippen molar-refractivity contribution in [3.05, 3.63) is 42.0 Å². The fourth-order valence-corrected chi connectivity index (χ4v) is 2.14. The first-order chi connectivity index (χ1) is 9.26. The van der Waals surface area contributed by atoms with Gasteiger partial charge in [-0.15, -0.1) is 0 Å². The predicted molar refractivity (Wildman–Crippen MR) is 74.0 cm³/mol. The van der Waals surface area contributed by atoms with Gasteiger partial charge in [0.2, 0.25) is 5.91 Å². The van der Waals surface area contributed by atoms with Gasteiger partial charge < -0.3 is 4.74 Å². The highest BCUT2D eigenvalue weighted by molar-refractivity contribution is 5.89. The molecule has 0 atom stereocenters. The van der Waals surface area contributed by atoms with Crippen molar-refractivity contribution in [2.24, 2.45) is 0 Å². The Morgan fingerprint density at radius 2 is 1.95 bits per heavy atom. The van der Waals surface area contributed by atoms with Crippen LogP contribution >= 0.6 is 0 Å². The van der Waals surface area contributed by atoms with E-state index in [-0.39, 0.29) is 5.91 Å².